The Morgan fingerprint density at radius 2 is 2.11 bits per heavy atom. The highest BCUT2D eigenvalue weighted by atomic mass is 15.3. The standard InChI is InChI=1S/C14H18N4/c15-9-12-3-1-2-4-14(12)18-8-7-17-6-5-16-10-13(17)11-18/h1-4,13,16H,5-8,10-11H2. The predicted octanol–water partition coefficient (Wildman–Crippen LogP) is 0.652. The smallest absolute Gasteiger partial charge is 0.101 e. The molecule has 1 atom stereocenters. The van der Waals surface area contributed by atoms with Gasteiger partial charge in [0.2, 0.25) is 0 Å². The molecule has 1 aromatic carbocycles. The SMILES string of the molecule is N#Cc1ccccc1N1CCN2CCNCC2C1. The quantitative estimate of drug-likeness (QED) is 0.785. The first-order chi connectivity index (χ1) is 8.88. The largest absolute Gasteiger partial charge is 0.368 e. The zero-order valence-electron chi connectivity index (χ0n) is 10.5. The number of nitrogens with zero attached hydrogens (tertiary/aromatic N) is 3. The Hall–Kier alpha value is -1.57. The molecule has 2 heterocycles. The maximum atomic E-state index is 9.18. The molecule has 4 nitrogen and oxygen atoms in total. The average Bonchev–Trinajstić information content (AvgIpc) is 2.46. The summed E-state index contributed by atoms with van der Waals surface area (Å²) in [4.78, 5) is 4.91. The van der Waals surface area contributed by atoms with Gasteiger partial charge in [-0.15, -0.1) is 0 Å². The molecule has 0 bridgehead atoms. The van der Waals surface area contributed by atoms with E-state index in [4.69, 9.17) is 0 Å². The van der Waals surface area contributed by atoms with Crippen LogP contribution in [0.3, 0.4) is 0 Å². The molecule has 3 rings (SSSR count). The number of benzene rings is 1. The third kappa shape index (κ3) is 2.07. The minimum Gasteiger partial charge on any atom is -0.368 e. The number of nitrogens with one attached hydrogen (secondary N) is 1. The van der Waals surface area contributed by atoms with Gasteiger partial charge in [-0.2, -0.15) is 5.26 Å². The molecular formula is C14H18N4. The third-order valence-corrected chi connectivity index (χ3v) is 3.93. The molecule has 18 heavy (non-hydrogen) atoms. The van der Waals surface area contributed by atoms with Gasteiger partial charge in [-0.25, -0.2) is 0 Å². The van der Waals surface area contributed by atoms with Gasteiger partial charge in [0, 0.05) is 45.3 Å². The highest BCUT2D eigenvalue weighted by molar-refractivity contribution is 5.59. The lowest BCUT2D eigenvalue weighted by Crippen LogP contribution is -2.61. The van der Waals surface area contributed by atoms with Crippen LogP contribution in [0.25, 0.3) is 0 Å². The van der Waals surface area contributed by atoms with Crippen molar-refractivity contribution in [2.24, 2.45) is 0 Å². The number of piperazine rings is 2. The van der Waals surface area contributed by atoms with Crippen LogP contribution in [-0.4, -0.2) is 50.2 Å². The normalized spacial score (nSPS) is 24.4. The predicted molar refractivity (Wildman–Crippen MR) is 71.6 cm³/mol. The molecule has 0 spiro atoms. The van der Waals surface area contributed by atoms with Crippen LogP contribution in [-0.2, 0) is 0 Å². The van der Waals surface area contributed by atoms with Crippen molar-refractivity contribution < 1.29 is 0 Å². The Bertz CT molecular complexity index is 465. The Morgan fingerprint density at radius 1 is 1.22 bits per heavy atom. The molecule has 2 saturated heterocycles. The molecule has 0 radical (unpaired) electrons. The first-order valence-corrected chi connectivity index (χ1v) is 6.57. The van der Waals surface area contributed by atoms with Crippen molar-refractivity contribution in [3.8, 4) is 6.07 Å². The number of nitriles is 1. The first-order valence-electron chi connectivity index (χ1n) is 6.57. The molecule has 0 aliphatic carbocycles. The molecule has 2 aliphatic heterocycles. The van der Waals surface area contributed by atoms with Crippen molar-refractivity contribution >= 4 is 5.69 Å². The molecule has 1 N–H and O–H groups in total. The summed E-state index contributed by atoms with van der Waals surface area (Å²) < 4.78 is 0. The van der Waals surface area contributed by atoms with E-state index in [1.54, 1.807) is 0 Å². The van der Waals surface area contributed by atoms with Crippen molar-refractivity contribution in [1.29, 1.82) is 5.26 Å². The molecule has 2 fully saturated rings. The van der Waals surface area contributed by atoms with Crippen LogP contribution < -0.4 is 10.2 Å². The first kappa shape index (κ1) is 11.5. The lowest BCUT2D eigenvalue weighted by Gasteiger charge is -2.45. The van der Waals surface area contributed by atoms with Crippen molar-refractivity contribution in [3.05, 3.63) is 29.8 Å². The second-order valence-corrected chi connectivity index (χ2v) is 4.97. The molecule has 2 aliphatic rings. The summed E-state index contributed by atoms with van der Waals surface area (Å²) in [5.74, 6) is 0. The maximum Gasteiger partial charge on any atom is 0.101 e. The van der Waals surface area contributed by atoms with Crippen LogP contribution in [0.1, 0.15) is 5.56 Å². The zero-order chi connectivity index (χ0) is 12.4. The monoisotopic (exact) mass is 242 g/mol. The fourth-order valence-electron chi connectivity index (χ4n) is 2.93. The number of rotatable bonds is 1. The minimum atomic E-state index is 0.583. The molecule has 0 amide bonds. The lowest BCUT2D eigenvalue weighted by atomic mass is 10.1. The van der Waals surface area contributed by atoms with E-state index in [-0.39, 0.29) is 0 Å². The van der Waals surface area contributed by atoms with E-state index in [0.29, 0.717) is 6.04 Å². The summed E-state index contributed by atoms with van der Waals surface area (Å²) >= 11 is 0. The fraction of sp³-hybridized carbons (Fsp3) is 0.500. The number of para-hydroxylation sites is 1. The molecule has 0 aromatic heterocycles. The van der Waals surface area contributed by atoms with E-state index in [9.17, 15) is 5.26 Å². The molecular weight excluding hydrogens is 224 g/mol. The van der Waals surface area contributed by atoms with Gasteiger partial charge in [0.25, 0.3) is 0 Å². The third-order valence-electron chi connectivity index (χ3n) is 3.93. The molecule has 4 heteroatoms. The molecule has 0 saturated carbocycles. The van der Waals surface area contributed by atoms with Crippen LogP contribution in [0, 0.1) is 11.3 Å². The summed E-state index contributed by atoms with van der Waals surface area (Å²) in [6, 6.07) is 10.8. The second kappa shape index (κ2) is 4.97. The van der Waals surface area contributed by atoms with E-state index in [1.807, 2.05) is 18.2 Å². The van der Waals surface area contributed by atoms with E-state index >= 15 is 0 Å². The van der Waals surface area contributed by atoms with Crippen LogP contribution in [0.15, 0.2) is 24.3 Å². The molecule has 1 aromatic rings. The average molecular weight is 242 g/mol. The summed E-state index contributed by atoms with van der Waals surface area (Å²) in [6.07, 6.45) is 0. The number of hydrogen-bond acceptors (Lipinski definition) is 4. The van der Waals surface area contributed by atoms with E-state index in [2.05, 4.69) is 27.3 Å². The summed E-state index contributed by atoms with van der Waals surface area (Å²) in [5.41, 5.74) is 1.87. The van der Waals surface area contributed by atoms with E-state index in [0.717, 1.165) is 50.5 Å². The van der Waals surface area contributed by atoms with Crippen molar-refractivity contribution in [2.45, 2.75) is 6.04 Å². The van der Waals surface area contributed by atoms with E-state index < -0.39 is 0 Å². The van der Waals surface area contributed by atoms with Crippen LogP contribution in [0.4, 0.5) is 5.69 Å². The Labute approximate surface area is 108 Å². The van der Waals surface area contributed by atoms with Gasteiger partial charge in [-0.3, -0.25) is 4.90 Å². The highest BCUT2D eigenvalue weighted by Crippen LogP contribution is 2.23. The van der Waals surface area contributed by atoms with Gasteiger partial charge < -0.3 is 10.2 Å². The number of hydrogen-bond donors (Lipinski definition) is 1. The lowest BCUT2D eigenvalue weighted by molar-refractivity contribution is 0.146. The fourth-order valence-corrected chi connectivity index (χ4v) is 2.93. The van der Waals surface area contributed by atoms with Crippen LogP contribution >= 0.6 is 0 Å². The van der Waals surface area contributed by atoms with Gasteiger partial charge in [-0.05, 0) is 12.1 Å². The van der Waals surface area contributed by atoms with Gasteiger partial charge >= 0.3 is 0 Å². The topological polar surface area (TPSA) is 42.3 Å². The summed E-state index contributed by atoms with van der Waals surface area (Å²) in [5, 5.41) is 12.6. The van der Waals surface area contributed by atoms with Crippen molar-refractivity contribution in [2.75, 3.05) is 44.2 Å². The highest BCUT2D eigenvalue weighted by Gasteiger charge is 2.29. The molecule has 94 valence electrons. The Balaban J connectivity index is 1.79. The van der Waals surface area contributed by atoms with E-state index in [1.165, 1.54) is 0 Å². The minimum absolute atomic E-state index is 0.583. The summed E-state index contributed by atoms with van der Waals surface area (Å²) in [6.45, 7) is 6.46. The Morgan fingerprint density at radius 3 is 3.00 bits per heavy atom. The van der Waals surface area contributed by atoms with Gasteiger partial charge in [0.15, 0.2) is 0 Å². The van der Waals surface area contributed by atoms with Crippen molar-refractivity contribution in [1.82, 2.24) is 10.2 Å². The number of anilines is 1. The van der Waals surface area contributed by atoms with Gasteiger partial charge in [0.1, 0.15) is 6.07 Å². The zero-order valence-corrected chi connectivity index (χ0v) is 10.5. The Kier molecular flexibility index (Phi) is 3.18. The molecule has 1 unspecified atom stereocenters. The summed E-state index contributed by atoms with van der Waals surface area (Å²) in [7, 11) is 0. The maximum absolute atomic E-state index is 9.18. The number of fused-ring (bicyclic) bond motifs is 1. The van der Waals surface area contributed by atoms with Crippen molar-refractivity contribution in [3.63, 3.8) is 0 Å². The second-order valence-electron chi connectivity index (χ2n) is 4.97. The van der Waals surface area contributed by atoms with Gasteiger partial charge in [0.05, 0.1) is 11.3 Å². The van der Waals surface area contributed by atoms with Crippen LogP contribution in [0.2, 0.25) is 0 Å². The van der Waals surface area contributed by atoms with Gasteiger partial charge in [-0.1, -0.05) is 12.1 Å². The van der Waals surface area contributed by atoms with Crippen LogP contribution in [0.5, 0.6) is 0 Å².